The number of alkyl halides is 2. The first-order valence-corrected chi connectivity index (χ1v) is 9.04. The van der Waals surface area contributed by atoms with Crippen LogP contribution in [0.4, 0.5) is 18.9 Å². The molecule has 1 heterocycles. The van der Waals surface area contributed by atoms with Crippen LogP contribution in [-0.2, 0) is 16.3 Å². The van der Waals surface area contributed by atoms with Crippen LogP contribution in [0.5, 0.6) is 0 Å². The quantitative estimate of drug-likeness (QED) is 0.692. The number of sulfone groups is 1. The van der Waals surface area contributed by atoms with Gasteiger partial charge in [-0.3, -0.25) is 0 Å². The Hall–Kier alpha value is -2.48. The van der Waals surface area contributed by atoms with Gasteiger partial charge in [-0.2, -0.15) is 8.78 Å². The number of aromatic nitrogens is 1. The first-order chi connectivity index (χ1) is 11.9. The van der Waals surface area contributed by atoms with Gasteiger partial charge in [0.2, 0.25) is 9.84 Å². The van der Waals surface area contributed by atoms with E-state index in [4.69, 9.17) is 0 Å². The highest BCUT2D eigenvalue weighted by Gasteiger charge is 2.26. The lowest BCUT2D eigenvalue weighted by Crippen LogP contribution is -2.11. The molecule has 4 nitrogen and oxygen atoms in total. The maximum atomic E-state index is 13.2. The van der Waals surface area contributed by atoms with Crippen LogP contribution >= 0.6 is 0 Å². The molecular formula is C17H15F3N2O2S. The Balaban J connectivity index is 1.64. The minimum absolute atomic E-state index is 0.308. The summed E-state index contributed by atoms with van der Waals surface area (Å²) < 4.78 is 60.8. The van der Waals surface area contributed by atoms with E-state index in [1.54, 1.807) is 6.07 Å². The molecule has 0 atom stereocenters. The third-order valence-electron chi connectivity index (χ3n) is 3.87. The topological polar surface area (TPSA) is 62.0 Å². The number of anilines is 1. The average Bonchev–Trinajstić information content (AvgIpc) is 2.97. The molecule has 3 rings (SSSR count). The second-order valence-electron chi connectivity index (χ2n) is 5.51. The van der Waals surface area contributed by atoms with Gasteiger partial charge in [0.05, 0.1) is 4.90 Å². The summed E-state index contributed by atoms with van der Waals surface area (Å²) in [6, 6.07) is 9.72. The molecular weight excluding hydrogens is 353 g/mol. The number of fused-ring (bicyclic) bond motifs is 1. The number of benzene rings is 2. The summed E-state index contributed by atoms with van der Waals surface area (Å²) in [6.07, 6.45) is 2.47. The van der Waals surface area contributed by atoms with Crippen molar-refractivity contribution >= 4 is 26.4 Å². The van der Waals surface area contributed by atoms with Crippen molar-refractivity contribution in [1.82, 2.24) is 4.98 Å². The molecule has 3 aromatic rings. The summed E-state index contributed by atoms with van der Waals surface area (Å²) in [6.45, 7) is 0.547. The molecule has 2 N–H and O–H groups in total. The number of rotatable bonds is 6. The first kappa shape index (κ1) is 17.3. The highest BCUT2D eigenvalue weighted by atomic mass is 32.2. The molecule has 0 amide bonds. The van der Waals surface area contributed by atoms with Gasteiger partial charge in [0.25, 0.3) is 0 Å². The van der Waals surface area contributed by atoms with E-state index in [-0.39, 0.29) is 5.82 Å². The van der Waals surface area contributed by atoms with E-state index in [0.717, 1.165) is 28.6 Å². The van der Waals surface area contributed by atoms with Crippen LogP contribution in [0.2, 0.25) is 0 Å². The van der Waals surface area contributed by atoms with Crippen LogP contribution in [0, 0.1) is 5.82 Å². The molecule has 1 aromatic heterocycles. The van der Waals surface area contributed by atoms with Crippen molar-refractivity contribution in [2.45, 2.75) is 17.1 Å². The van der Waals surface area contributed by atoms with E-state index < -0.39 is 20.5 Å². The summed E-state index contributed by atoms with van der Waals surface area (Å²) in [7, 11) is -4.57. The van der Waals surface area contributed by atoms with Crippen molar-refractivity contribution in [2.75, 3.05) is 11.9 Å². The highest BCUT2D eigenvalue weighted by Crippen LogP contribution is 2.21. The van der Waals surface area contributed by atoms with E-state index in [0.29, 0.717) is 18.7 Å². The Labute approximate surface area is 142 Å². The van der Waals surface area contributed by atoms with Gasteiger partial charge < -0.3 is 10.3 Å². The molecule has 0 spiro atoms. The summed E-state index contributed by atoms with van der Waals surface area (Å²) in [5.74, 6) is -3.74. The lowest BCUT2D eigenvalue weighted by molar-refractivity contribution is 0.234. The fourth-order valence-corrected chi connectivity index (χ4v) is 3.29. The Morgan fingerprint density at radius 2 is 1.80 bits per heavy atom. The molecule has 0 fully saturated rings. The second kappa shape index (κ2) is 6.79. The smallest absolute Gasteiger partial charge is 0.341 e. The Morgan fingerprint density at radius 3 is 2.48 bits per heavy atom. The number of aromatic amines is 1. The summed E-state index contributed by atoms with van der Waals surface area (Å²) in [4.78, 5) is 2.60. The molecule has 0 saturated carbocycles. The number of nitrogens with one attached hydrogen (secondary N) is 2. The Kier molecular flexibility index (Phi) is 4.71. The van der Waals surface area contributed by atoms with Crippen LogP contribution in [0.15, 0.2) is 53.6 Å². The summed E-state index contributed by atoms with van der Waals surface area (Å²) in [5, 5.41) is 4.03. The predicted molar refractivity (Wildman–Crippen MR) is 90.1 cm³/mol. The van der Waals surface area contributed by atoms with Crippen molar-refractivity contribution in [3.8, 4) is 0 Å². The summed E-state index contributed by atoms with van der Waals surface area (Å²) in [5.41, 5.74) is 2.36. The van der Waals surface area contributed by atoms with Gasteiger partial charge in [0.15, 0.2) is 0 Å². The van der Waals surface area contributed by atoms with Crippen molar-refractivity contribution in [2.24, 2.45) is 0 Å². The SMILES string of the molecule is O=S(=O)(c1ccc(NCCc2c[nH]c3cc(F)ccc23)cc1)C(F)F. The molecule has 0 aliphatic heterocycles. The van der Waals surface area contributed by atoms with Crippen molar-refractivity contribution in [1.29, 1.82) is 0 Å². The lowest BCUT2D eigenvalue weighted by atomic mass is 10.1. The largest absolute Gasteiger partial charge is 0.385 e. The third-order valence-corrected chi connectivity index (χ3v) is 5.27. The average molecular weight is 368 g/mol. The fraction of sp³-hybridized carbons (Fsp3) is 0.176. The van der Waals surface area contributed by atoms with E-state index in [1.165, 1.54) is 24.3 Å². The van der Waals surface area contributed by atoms with Crippen LogP contribution < -0.4 is 5.32 Å². The van der Waals surface area contributed by atoms with Gasteiger partial charge in [0, 0.05) is 29.3 Å². The molecule has 0 radical (unpaired) electrons. The molecule has 0 aliphatic carbocycles. The minimum Gasteiger partial charge on any atom is -0.385 e. The number of H-pyrrole nitrogens is 1. The Bertz CT molecular complexity index is 983. The Morgan fingerprint density at radius 1 is 1.08 bits per heavy atom. The molecule has 0 aliphatic rings. The van der Waals surface area contributed by atoms with E-state index in [9.17, 15) is 21.6 Å². The zero-order valence-electron chi connectivity index (χ0n) is 13.0. The fourth-order valence-electron chi connectivity index (χ4n) is 2.57. The van der Waals surface area contributed by atoms with Gasteiger partial charge in [-0.1, -0.05) is 0 Å². The van der Waals surface area contributed by atoms with Crippen molar-refractivity contribution < 1.29 is 21.6 Å². The second-order valence-corrected chi connectivity index (χ2v) is 7.43. The predicted octanol–water partition coefficient (Wildman–Crippen LogP) is 3.96. The molecule has 2 aromatic carbocycles. The van der Waals surface area contributed by atoms with Gasteiger partial charge in [0.1, 0.15) is 5.82 Å². The van der Waals surface area contributed by atoms with E-state index in [1.807, 2.05) is 6.20 Å². The summed E-state index contributed by atoms with van der Waals surface area (Å²) >= 11 is 0. The molecule has 0 unspecified atom stereocenters. The number of hydrogen-bond acceptors (Lipinski definition) is 3. The monoisotopic (exact) mass is 368 g/mol. The third kappa shape index (κ3) is 3.63. The van der Waals surface area contributed by atoms with Gasteiger partial charge in [-0.15, -0.1) is 0 Å². The van der Waals surface area contributed by atoms with Gasteiger partial charge >= 0.3 is 5.76 Å². The highest BCUT2D eigenvalue weighted by molar-refractivity contribution is 7.91. The van der Waals surface area contributed by atoms with Crippen LogP contribution in [0.1, 0.15) is 5.56 Å². The number of halogens is 3. The number of hydrogen-bond donors (Lipinski definition) is 2. The van der Waals surface area contributed by atoms with E-state index >= 15 is 0 Å². The van der Waals surface area contributed by atoms with Crippen molar-refractivity contribution in [3.63, 3.8) is 0 Å². The zero-order chi connectivity index (χ0) is 18.0. The molecule has 0 bridgehead atoms. The van der Waals surface area contributed by atoms with E-state index in [2.05, 4.69) is 10.3 Å². The minimum atomic E-state index is -4.57. The maximum absolute atomic E-state index is 13.2. The lowest BCUT2D eigenvalue weighted by Gasteiger charge is -2.08. The molecule has 0 saturated heterocycles. The first-order valence-electron chi connectivity index (χ1n) is 7.49. The zero-order valence-corrected chi connectivity index (χ0v) is 13.8. The van der Waals surface area contributed by atoms with Crippen LogP contribution in [0.25, 0.3) is 10.9 Å². The molecule has 8 heteroatoms. The van der Waals surface area contributed by atoms with Crippen LogP contribution in [0.3, 0.4) is 0 Å². The van der Waals surface area contributed by atoms with Gasteiger partial charge in [-0.25, -0.2) is 12.8 Å². The van der Waals surface area contributed by atoms with Gasteiger partial charge in [-0.05, 0) is 54.4 Å². The molecule has 25 heavy (non-hydrogen) atoms. The normalized spacial score (nSPS) is 12.0. The molecule has 132 valence electrons. The van der Waals surface area contributed by atoms with Crippen molar-refractivity contribution in [3.05, 3.63) is 60.0 Å². The standard InChI is InChI=1S/C17H15F3N2O2S/c18-12-1-6-15-11(10-22-16(15)9-12)7-8-21-13-2-4-14(5-3-13)25(23,24)17(19)20/h1-6,9-10,17,21-22H,7-8H2. The van der Waals surface area contributed by atoms with Crippen LogP contribution in [-0.4, -0.2) is 25.7 Å². The maximum Gasteiger partial charge on any atom is 0.341 e.